The van der Waals surface area contributed by atoms with E-state index in [0.29, 0.717) is 17.2 Å². The zero-order valence-corrected chi connectivity index (χ0v) is 10.6. The monoisotopic (exact) mass is 253 g/mol. The smallest absolute Gasteiger partial charge is 0.221 e. The minimum Gasteiger partial charge on any atom is -0.383 e. The Morgan fingerprint density at radius 3 is 2.53 bits per heavy atom. The number of carbonyl (C=O) groups is 1. The molecular formula is C15H15N3O. The maximum Gasteiger partial charge on any atom is 0.221 e. The highest BCUT2D eigenvalue weighted by Gasteiger charge is 1.99. The lowest BCUT2D eigenvalue weighted by atomic mass is 10.2. The lowest BCUT2D eigenvalue weighted by Gasteiger charge is -2.04. The average molecular weight is 253 g/mol. The zero-order chi connectivity index (χ0) is 13.7. The molecule has 4 nitrogen and oxygen atoms in total. The molecule has 0 aliphatic rings. The normalized spacial score (nSPS) is 11.1. The Bertz CT molecular complexity index is 606. The molecule has 0 bridgehead atoms. The van der Waals surface area contributed by atoms with Gasteiger partial charge in [0.1, 0.15) is 5.84 Å². The van der Waals surface area contributed by atoms with Gasteiger partial charge in [-0.15, -0.1) is 0 Å². The molecule has 2 rings (SSSR count). The van der Waals surface area contributed by atoms with Crippen molar-refractivity contribution in [2.24, 2.45) is 10.7 Å². The third kappa shape index (κ3) is 3.67. The Balaban J connectivity index is 2.25. The summed E-state index contributed by atoms with van der Waals surface area (Å²) in [6.45, 7) is 1.47. The molecule has 4 heteroatoms. The van der Waals surface area contributed by atoms with E-state index >= 15 is 0 Å². The first-order chi connectivity index (χ1) is 9.15. The first-order valence-corrected chi connectivity index (χ1v) is 5.92. The van der Waals surface area contributed by atoms with Crippen molar-refractivity contribution in [2.45, 2.75) is 6.92 Å². The highest BCUT2D eigenvalue weighted by Crippen LogP contribution is 2.18. The van der Waals surface area contributed by atoms with Gasteiger partial charge in [-0.2, -0.15) is 0 Å². The molecule has 19 heavy (non-hydrogen) atoms. The van der Waals surface area contributed by atoms with Gasteiger partial charge < -0.3 is 11.1 Å². The van der Waals surface area contributed by atoms with Crippen LogP contribution in [-0.4, -0.2) is 11.7 Å². The summed E-state index contributed by atoms with van der Waals surface area (Å²) in [7, 11) is 0. The highest BCUT2D eigenvalue weighted by atomic mass is 16.1. The van der Waals surface area contributed by atoms with Crippen LogP contribution in [0.2, 0.25) is 0 Å². The third-order valence-electron chi connectivity index (χ3n) is 2.49. The van der Waals surface area contributed by atoms with E-state index in [-0.39, 0.29) is 5.91 Å². The summed E-state index contributed by atoms with van der Waals surface area (Å²) < 4.78 is 0. The van der Waals surface area contributed by atoms with Crippen molar-refractivity contribution in [3.05, 3.63) is 60.2 Å². The molecule has 96 valence electrons. The van der Waals surface area contributed by atoms with Crippen molar-refractivity contribution in [3.63, 3.8) is 0 Å². The van der Waals surface area contributed by atoms with E-state index in [4.69, 9.17) is 5.73 Å². The van der Waals surface area contributed by atoms with Gasteiger partial charge in [-0.1, -0.05) is 36.4 Å². The number of nitrogens with one attached hydrogen (secondary N) is 1. The molecule has 2 aromatic rings. The fraction of sp³-hybridized carbons (Fsp3) is 0.0667. The number of benzene rings is 2. The molecular weight excluding hydrogens is 238 g/mol. The van der Waals surface area contributed by atoms with E-state index in [1.807, 2.05) is 42.5 Å². The van der Waals surface area contributed by atoms with Crippen molar-refractivity contribution >= 4 is 23.1 Å². The maximum absolute atomic E-state index is 11.0. The van der Waals surface area contributed by atoms with Gasteiger partial charge in [0.15, 0.2) is 0 Å². The number of hydrogen-bond donors (Lipinski definition) is 2. The summed E-state index contributed by atoms with van der Waals surface area (Å²) in [4.78, 5) is 15.3. The molecule has 0 fully saturated rings. The Morgan fingerprint density at radius 2 is 1.84 bits per heavy atom. The molecule has 0 radical (unpaired) electrons. The van der Waals surface area contributed by atoms with Gasteiger partial charge >= 0.3 is 0 Å². The highest BCUT2D eigenvalue weighted by molar-refractivity contribution is 5.99. The summed E-state index contributed by atoms with van der Waals surface area (Å²) in [5.74, 6) is 0.331. The quantitative estimate of drug-likeness (QED) is 0.652. The van der Waals surface area contributed by atoms with Crippen LogP contribution in [0.5, 0.6) is 0 Å². The largest absolute Gasteiger partial charge is 0.383 e. The predicted molar refractivity (Wildman–Crippen MR) is 77.6 cm³/mol. The van der Waals surface area contributed by atoms with Gasteiger partial charge in [-0.25, -0.2) is 4.99 Å². The second-order valence-electron chi connectivity index (χ2n) is 4.09. The zero-order valence-electron chi connectivity index (χ0n) is 10.6. The molecule has 0 atom stereocenters. The van der Waals surface area contributed by atoms with Crippen LogP contribution in [0.4, 0.5) is 11.4 Å². The first-order valence-electron chi connectivity index (χ1n) is 5.92. The van der Waals surface area contributed by atoms with Crippen LogP contribution >= 0.6 is 0 Å². The summed E-state index contributed by atoms with van der Waals surface area (Å²) >= 11 is 0. The van der Waals surface area contributed by atoms with Crippen molar-refractivity contribution in [3.8, 4) is 0 Å². The minimum absolute atomic E-state index is 0.114. The second-order valence-corrected chi connectivity index (χ2v) is 4.09. The van der Waals surface area contributed by atoms with Crippen molar-refractivity contribution in [1.29, 1.82) is 0 Å². The molecule has 0 unspecified atom stereocenters. The number of nitrogens with two attached hydrogens (primary N) is 1. The van der Waals surface area contributed by atoms with E-state index in [1.54, 1.807) is 12.1 Å². The number of carbonyl (C=O) groups excluding carboxylic acids is 1. The van der Waals surface area contributed by atoms with Gasteiger partial charge in [0.05, 0.1) is 5.69 Å². The summed E-state index contributed by atoms with van der Waals surface area (Å²) in [6.07, 6.45) is 0. The van der Waals surface area contributed by atoms with Gasteiger partial charge in [0.2, 0.25) is 5.91 Å². The number of amides is 1. The van der Waals surface area contributed by atoms with Gasteiger partial charge in [-0.05, 0) is 18.2 Å². The second kappa shape index (κ2) is 5.82. The van der Waals surface area contributed by atoms with Crippen molar-refractivity contribution < 1.29 is 4.79 Å². The topological polar surface area (TPSA) is 67.5 Å². The standard InChI is InChI=1S/C15H15N3O/c1-11(19)17-13-8-5-9-14(10-13)18-15(16)12-6-3-2-4-7-12/h2-10H,1H3,(H2,16,18)(H,17,19). The van der Waals surface area contributed by atoms with Crippen LogP contribution in [0, 0.1) is 0 Å². The van der Waals surface area contributed by atoms with E-state index in [0.717, 1.165) is 5.56 Å². The Hall–Kier alpha value is -2.62. The number of nitrogens with zero attached hydrogens (tertiary/aromatic N) is 1. The van der Waals surface area contributed by atoms with Crippen LogP contribution < -0.4 is 11.1 Å². The molecule has 2 aromatic carbocycles. The first kappa shape index (κ1) is 12.8. The van der Waals surface area contributed by atoms with E-state index in [1.165, 1.54) is 6.92 Å². The summed E-state index contributed by atoms with van der Waals surface area (Å²) in [6, 6.07) is 16.8. The van der Waals surface area contributed by atoms with E-state index in [9.17, 15) is 4.79 Å². The molecule has 0 heterocycles. The molecule has 0 aliphatic carbocycles. The summed E-state index contributed by atoms with van der Waals surface area (Å²) in [5.41, 5.74) is 8.21. The van der Waals surface area contributed by atoms with Gasteiger partial charge in [0.25, 0.3) is 0 Å². The van der Waals surface area contributed by atoms with Crippen molar-refractivity contribution in [1.82, 2.24) is 0 Å². The van der Waals surface area contributed by atoms with Crippen LogP contribution in [0.15, 0.2) is 59.6 Å². The fourth-order valence-corrected chi connectivity index (χ4v) is 1.67. The Morgan fingerprint density at radius 1 is 1.11 bits per heavy atom. The average Bonchev–Trinajstić information content (AvgIpc) is 2.39. The lowest BCUT2D eigenvalue weighted by Crippen LogP contribution is -2.12. The minimum atomic E-state index is -0.114. The third-order valence-corrected chi connectivity index (χ3v) is 2.49. The van der Waals surface area contributed by atoms with Crippen LogP contribution in [0.25, 0.3) is 0 Å². The van der Waals surface area contributed by atoms with Crippen LogP contribution in [0.1, 0.15) is 12.5 Å². The Kier molecular flexibility index (Phi) is 3.93. The molecule has 0 aliphatic heterocycles. The molecule has 1 amide bonds. The lowest BCUT2D eigenvalue weighted by molar-refractivity contribution is -0.114. The molecule has 3 N–H and O–H groups in total. The van der Waals surface area contributed by atoms with Gasteiger partial charge in [-0.3, -0.25) is 4.79 Å². The Labute approximate surface area is 112 Å². The summed E-state index contributed by atoms with van der Waals surface area (Å²) in [5, 5.41) is 2.71. The van der Waals surface area contributed by atoms with Crippen LogP contribution in [-0.2, 0) is 4.79 Å². The fourth-order valence-electron chi connectivity index (χ4n) is 1.67. The SMILES string of the molecule is CC(=O)Nc1cccc(N=C(N)c2ccccc2)c1. The number of rotatable bonds is 3. The molecule has 0 aromatic heterocycles. The van der Waals surface area contributed by atoms with E-state index < -0.39 is 0 Å². The molecule has 0 saturated carbocycles. The number of hydrogen-bond acceptors (Lipinski definition) is 2. The van der Waals surface area contributed by atoms with Crippen molar-refractivity contribution in [2.75, 3.05) is 5.32 Å². The molecule has 0 spiro atoms. The van der Waals surface area contributed by atoms with E-state index in [2.05, 4.69) is 10.3 Å². The van der Waals surface area contributed by atoms with Crippen LogP contribution in [0.3, 0.4) is 0 Å². The number of aliphatic imine (C=N–C) groups is 1. The molecule has 0 saturated heterocycles. The predicted octanol–water partition coefficient (Wildman–Crippen LogP) is 2.68. The number of anilines is 1. The number of amidine groups is 1. The van der Waals surface area contributed by atoms with Gasteiger partial charge in [0, 0.05) is 18.2 Å². The maximum atomic E-state index is 11.0.